The highest BCUT2D eigenvalue weighted by Crippen LogP contribution is 2.26. The summed E-state index contributed by atoms with van der Waals surface area (Å²) in [5.41, 5.74) is 1.43. The second-order valence-electron chi connectivity index (χ2n) is 4.42. The van der Waals surface area contributed by atoms with Gasteiger partial charge in [-0.25, -0.2) is 14.2 Å². The summed E-state index contributed by atoms with van der Waals surface area (Å²) in [5, 5.41) is 8.98. The minimum Gasteiger partial charge on any atom is -0.478 e. The third-order valence-corrected chi connectivity index (χ3v) is 2.99. The first kappa shape index (κ1) is 13.1. The average Bonchev–Trinajstić information content (AvgIpc) is 2.98. The fraction of sp³-hybridized carbons (Fsp3) is 0. The molecule has 0 unspecified atom stereocenters. The van der Waals surface area contributed by atoms with Gasteiger partial charge in [-0.3, -0.25) is 0 Å². The lowest BCUT2D eigenvalue weighted by Crippen LogP contribution is -1.95. The van der Waals surface area contributed by atoms with Crippen molar-refractivity contribution in [1.29, 1.82) is 0 Å². The molecule has 1 N–H and O–H groups in total. The van der Waals surface area contributed by atoms with Crippen molar-refractivity contribution in [3.05, 3.63) is 66.1 Å². The van der Waals surface area contributed by atoms with Gasteiger partial charge in [-0.2, -0.15) is 0 Å². The fourth-order valence-corrected chi connectivity index (χ4v) is 1.94. The molecular weight excluding hydrogens is 273 g/mol. The molecule has 0 aliphatic carbocycles. The van der Waals surface area contributed by atoms with Crippen molar-refractivity contribution in [2.75, 3.05) is 0 Å². The summed E-state index contributed by atoms with van der Waals surface area (Å²) in [7, 11) is 0. The molecule has 0 fully saturated rings. The number of hydrogen-bond acceptors (Lipinski definition) is 3. The summed E-state index contributed by atoms with van der Waals surface area (Å²) in [5.74, 6) is -0.530. The van der Waals surface area contributed by atoms with Crippen molar-refractivity contribution in [1.82, 2.24) is 4.98 Å². The summed E-state index contributed by atoms with van der Waals surface area (Å²) >= 11 is 0. The van der Waals surface area contributed by atoms with Crippen molar-refractivity contribution in [3.8, 4) is 22.8 Å². The number of hydrogen-bond donors (Lipinski definition) is 1. The number of carboxylic acids is 1. The largest absolute Gasteiger partial charge is 0.478 e. The lowest BCUT2D eigenvalue weighted by atomic mass is 10.1. The number of carboxylic acid groups (broad SMARTS) is 1. The SMILES string of the molecule is O=C(O)c1cccc(-c2ncc(-c3ccc(F)cc3)o2)c1. The Balaban J connectivity index is 1.96. The summed E-state index contributed by atoms with van der Waals surface area (Å²) in [6.45, 7) is 0. The molecule has 0 bridgehead atoms. The van der Waals surface area contributed by atoms with E-state index in [0.717, 1.165) is 0 Å². The first-order chi connectivity index (χ1) is 10.1. The van der Waals surface area contributed by atoms with Crippen LogP contribution in [-0.2, 0) is 0 Å². The molecule has 1 heterocycles. The van der Waals surface area contributed by atoms with Crippen LogP contribution in [0.3, 0.4) is 0 Å². The Labute approximate surface area is 119 Å². The van der Waals surface area contributed by atoms with E-state index in [1.807, 2.05) is 0 Å². The molecule has 1 aromatic heterocycles. The van der Waals surface area contributed by atoms with Crippen LogP contribution in [0.1, 0.15) is 10.4 Å². The van der Waals surface area contributed by atoms with Crippen LogP contribution in [-0.4, -0.2) is 16.1 Å². The lowest BCUT2D eigenvalue weighted by molar-refractivity contribution is 0.0697. The number of aromatic nitrogens is 1. The zero-order valence-corrected chi connectivity index (χ0v) is 10.8. The molecular formula is C16H10FNO3. The van der Waals surface area contributed by atoms with Crippen LogP contribution >= 0.6 is 0 Å². The Morgan fingerprint density at radius 1 is 1.10 bits per heavy atom. The number of carbonyl (C=O) groups is 1. The Bertz CT molecular complexity index is 793. The van der Waals surface area contributed by atoms with Crippen molar-refractivity contribution < 1.29 is 18.7 Å². The number of oxazole rings is 1. The summed E-state index contributed by atoms with van der Waals surface area (Å²) in [6, 6.07) is 12.2. The van der Waals surface area contributed by atoms with E-state index in [1.54, 1.807) is 24.3 Å². The number of benzene rings is 2. The average molecular weight is 283 g/mol. The van der Waals surface area contributed by atoms with Crippen LogP contribution in [0.15, 0.2) is 59.1 Å². The molecule has 4 nitrogen and oxygen atoms in total. The highest BCUT2D eigenvalue weighted by atomic mass is 19.1. The molecule has 0 saturated carbocycles. The van der Waals surface area contributed by atoms with Crippen molar-refractivity contribution in [2.45, 2.75) is 0 Å². The molecule has 0 spiro atoms. The summed E-state index contributed by atoms with van der Waals surface area (Å²) in [4.78, 5) is 15.1. The first-order valence-electron chi connectivity index (χ1n) is 6.19. The normalized spacial score (nSPS) is 10.5. The van der Waals surface area contributed by atoms with E-state index in [4.69, 9.17) is 9.52 Å². The molecule has 0 saturated heterocycles. The van der Waals surface area contributed by atoms with Crippen LogP contribution in [0.25, 0.3) is 22.8 Å². The molecule has 0 aliphatic heterocycles. The van der Waals surface area contributed by atoms with E-state index in [9.17, 15) is 9.18 Å². The van der Waals surface area contributed by atoms with Gasteiger partial charge in [0.2, 0.25) is 5.89 Å². The van der Waals surface area contributed by atoms with Gasteiger partial charge in [-0.05, 0) is 42.5 Å². The molecule has 3 rings (SSSR count). The van der Waals surface area contributed by atoms with Crippen molar-refractivity contribution in [2.24, 2.45) is 0 Å². The van der Waals surface area contributed by atoms with E-state index in [1.165, 1.54) is 30.5 Å². The summed E-state index contributed by atoms with van der Waals surface area (Å²) < 4.78 is 18.5. The topological polar surface area (TPSA) is 63.3 Å². The number of halogens is 1. The molecule has 5 heteroatoms. The van der Waals surface area contributed by atoms with E-state index in [-0.39, 0.29) is 11.4 Å². The predicted octanol–water partition coefficient (Wildman–Crippen LogP) is 3.85. The van der Waals surface area contributed by atoms with Crippen LogP contribution < -0.4 is 0 Å². The van der Waals surface area contributed by atoms with Crippen molar-refractivity contribution >= 4 is 5.97 Å². The minimum absolute atomic E-state index is 0.161. The molecule has 0 amide bonds. The zero-order valence-electron chi connectivity index (χ0n) is 10.8. The van der Waals surface area contributed by atoms with Gasteiger partial charge < -0.3 is 9.52 Å². The molecule has 0 aliphatic rings. The first-order valence-corrected chi connectivity index (χ1v) is 6.19. The van der Waals surface area contributed by atoms with Gasteiger partial charge >= 0.3 is 5.97 Å². The van der Waals surface area contributed by atoms with Gasteiger partial charge in [0.05, 0.1) is 11.8 Å². The molecule has 3 aromatic rings. The van der Waals surface area contributed by atoms with E-state index >= 15 is 0 Å². The second-order valence-corrected chi connectivity index (χ2v) is 4.42. The maximum absolute atomic E-state index is 12.9. The lowest BCUT2D eigenvalue weighted by Gasteiger charge is -1.98. The fourth-order valence-electron chi connectivity index (χ4n) is 1.94. The van der Waals surface area contributed by atoms with Gasteiger partial charge in [0.1, 0.15) is 5.82 Å². The Kier molecular flexibility index (Phi) is 3.23. The van der Waals surface area contributed by atoms with Crippen LogP contribution in [0, 0.1) is 5.82 Å². The molecule has 104 valence electrons. The number of rotatable bonds is 3. The van der Waals surface area contributed by atoms with Gasteiger partial charge in [-0.1, -0.05) is 6.07 Å². The molecule has 2 aromatic carbocycles. The van der Waals surface area contributed by atoms with E-state index in [2.05, 4.69) is 4.98 Å². The van der Waals surface area contributed by atoms with Gasteiger partial charge in [0, 0.05) is 11.1 Å². The monoisotopic (exact) mass is 283 g/mol. The quantitative estimate of drug-likeness (QED) is 0.793. The van der Waals surface area contributed by atoms with Gasteiger partial charge in [0.15, 0.2) is 5.76 Å². The maximum atomic E-state index is 12.9. The molecule has 0 radical (unpaired) electrons. The van der Waals surface area contributed by atoms with E-state index < -0.39 is 5.97 Å². The smallest absolute Gasteiger partial charge is 0.335 e. The Morgan fingerprint density at radius 3 is 2.57 bits per heavy atom. The Morgan fingerprint density at radius 2 is 1.86 bits per heavy atom. The molecule has 21 heavy (non-hydrogen) atoms. The molecule has 0 atom stereocenters. The highest BCUT2D eigenvalue weighted by Gasteiger charge is 2.11. The standard InChI is InChI=1S/C16H10FNO3/c17-13-6-4-10(5-7-13)14-9-18-15(21-14)11-2-1-3-12(8-11)16(19)20/h1-9H,(H,19,20). The third-order valence-electron chi connectivity index (χ3n) is 2.99. The van der Waals surface area contributed by atoms with Gasteiger partial charge in [-0.15, -0.1) is 0 Å². The van der Waals surface area contributed by atoms with E-state index in [0.29, 0.717) is 22.8 Å². The summed E-state index contributed by atoms with van der Waals surface area (Å²) in [6.07, 6.45) is 1.52. The minimum atomic E-state index is -1.01. The number of nitrogens with zero attached hydrogens (tertiary/aromatic N) is 1. The van der Waals surface area contributed by atoms with Crippen LogP contribution in [0.2, 0.25) is 0 Å². The Hall–Kier alpha value is -2.95. The highest BCUT2D eigenvalue weighted by molar-refractivity contribution is 5.89. The van der Waals surface area contributed by atoms with Crippen LogP contribution in [0.4, 0.5) is 4.39 Å². The zero-order chi connectivity index (χ0) is 14.8. The maximum Gasteiger partial charge on any atom is 0.335 e. The van der Waals surface area contributed by atoms with Crippen LogP contribution in [0.5, 0.6) is 0 Å². The predicted molar refractivity (Wildman–Crippen MR) is 74.3 cm³/mol. The number of aromatic carboxylic acids is 1. The second kappa shape index (κ2) is 5.20. The van der Waals surface area contributed by atoms with Gasteiger partial charge in [0.25, 0.3) is 0 Å². The van der Waals surface area contributed by atoms with Crippen molar-refractivity contribution in [3.63, 3.8) is 0 Å². The third kappa shape index (κ3) is 2.67.